The standard InChI is InChI=1S/C17H21N3O/c1-12(2)19-10-15-7-8-16(11-19)20(15)17(21)14-5-3-13(9-18)4-6-14/h3-6,12,15-16H,7-8,10-11H2,1-2H3. The average Bonchev–Trinajstić information content (AvgIpc) is 2.76. The number of nitrogens with zero attached hydrogens (tertiary/aromatic N) is 3. The van der Waals surface area contributed by atoms with Crippen molar-refractivity contribution < 1.29 is 4.79 Å². The molecule has 2 aliphatic rings. The molecule has 2 bridgehead atoms. The van der Waals surface area contributed by atoms with Gasteiger partial charge in [-0.2, -0.15) is 5.26 Å². The summed E-state index contributed by atoms with van der Waals surface area (Å²) in [6, 6.07) is 10.3. The lowest BCUT2D eigenvalue weighted by Crippen LogP contribution is -2.57. The number of benzene rings is 1. The SMILES string of the molecule is CC(C)N1CC2CCC(C1)N2C(=O)c1ccc(C#N)cc1. The zero-order chi connectivity index (χ0) is 15.0. The molecule has 0 radical (unpaired) electrons. The van der Waals surface area contributed by atoms with Gasteiger partial charge >= 0.3 is 0 Å². The van der Waals surface area contributed by atoms with Gasteiger partial charge in [-0.05, 0) is 51.0 Å². The van der Waals surface area contributed by atoms with E-state index in [9.17, 15) is 4.79 Å². The molecular weight excluding hydrogens is 262 g/mol. The molecule has 4 nitrogen and oxygen atoms in total. The number of fused-ring (bicyclic) bond motifs is 2. The van der Waals surface area contributed by atoms with Crippen molar-refractivity contribution in [3.63, 3.8) is 0 Å². The van der Waals surface area contributed by atoms with Gasteiger partial charge in [-0.1, -0.05) is 0 Å². The smallest absolute Gasteiger partial charge is 0.254 e. The Morgan fingerprint density at radius 1 is 1.19 bits per heavy atom. The fourth-order valence-electron chi connectivity index (χ4n) is 3.53. The Morgan fingerprint density at radius 2 is 1.76 bits per heavy atom. The summed E-state index contributed by atoms with van der Waals surface area (Å²) in [7, 11) is 0. The van der Waals surface area contributed by atoms with E-state index < -0.39 is 0 Å². The third-order valence-corrected chi connectivity index (χ3v) is 4.74. The van der Waals surface area contributed by atoms with E-state index in [1.54, 1.807) is 24.3 Å². The molecule has 0 saturated carbocycles. The van der Waals surface area contributed by atoms with Crippen LogP contribution in [-0.4, -0.2) is 46.9 Å². The third-order valence-electron chi connectivity index (χ3n) is 4.74. The fourth-order valence-corrected chi connectivity index (χ4v) is 3.53. The second kappa shape index (κ2) is 5.50. The maximum atomic E-state index is 12.8. The van der Waals surface area contributed by atoms with Crippen molar-refractivity contribution in [2.75, 3.05) is 13.1 Å². The van der Waals surface area contributed by atoms with Crippen LogP contribution in [0.1, 0.15) is 42.6 Å². The number of rotatable bonds is 2. The van der Waals surface area contributed by atoms with E-state index >= 15 is 0 Å². The van der Waals surface area contributed by atoms with E-state index in [1.807, 2.05) is 0 Å². The minimum atomic E-state index is 0.121. The van der Waals surface area contributed by atoms with Gasteiger partial charge in [-0.3, -0.25) is 9.69 Å². The van der Waals surface area contributed by atoms with Crippen LogP contribution in [0.5, 0.6) is 0 Å². The maximum Gasteiger partial charge on any atom is 0.254 e. The summed E-state index contributed by atoms with van der Waals surface area (Å²) in [6.45, 7) is 6.40. The van der Waals surface area contributed by atoms with Gasteiger partial charge in [0.2, 0.25) is 0 Å². The van der Waals surface area contributed by atoms with Crippen LogP contribution in [0, 0.1) is 11.3 Å². The Balaban J connectivity index is 1.78. The first kappa shape index (κ1) is 14.1. The van der Waals surface area contributed by atoms with E-state index in [-0.39, 0.29) is 5.91 Å². The van der Waals surface area contributed by atoms with Crippen molar-refractivity contribution in [2.45, 2.75) is 44.8 Å². The van der Waals surface area contributed by atoms with Crippen molar-refractivity contribution in [1.82, 2.24) is 9.80 Å². The first-order valence-electron chi connectivity index (χ1n) is 7.67. The van der Waals surface area contributed by atoms with Crippen LogP contribution >= 0.6 is 0 Å². The van der Waals surface area contributed by atoms with Gasteiger partial charge in [0.25, 0.3) is 5.91 Å². The predicted octanol–water partition coefficient (Wildman–Crippen LogP) is 2.26. The molecule has 2 unspecified atom stereocenters. The largest absolute Gasteiger partial charge is 0.330 e. The van der Waals surface area contributed by atoms with Crippen LogP contribution in [0.25, 0.3) is 0 Å². The number of nitriles is 1. The molecule has 4 heteroatoms. The molecular formula is C17H21N3O. The zero-order valence-electron chi connectivity index (χ0n) is 12.6. The molecule has 0 aromatic heterocycles. The summed E-state index contributed by atoms with van der Waals surface area (Å²) >= 11 is 0. The molecule has 0 aliphatic carbocycles. The topological polar surface area (TPSA) is 47.3 Å². The van der Waals surface area contributed by atoms with Gasteiger partial charge in [0.1, 0.15) is 0 Å². The average molecular weight is 283 g/mol. The quantitative estimate of drug-likeness (QED) is 0.836. The summed E-state index contributed by atoms with van der Waals surface area (Å²) in [5.74, 6) is 0.121. The lowest BCUT2D eigenvalue weighted by molar-refractivity contribution is 0.0349. The van der Waals surface area contributed by atoms with Crippen molar-refractivity contribution in [3.8, 4) is 6.07 Å². The first-order chi connectivity index (χ1) is 10.1. The highest BCUT2D eigenvalue weighted by molar-refractivity contribution is 5.95. The van der Waals surface area contributed by atoms with E-state index in [0.717, 1.165) is 25.9 Å². The van der Waals surface area contributed by atoms with E-state index in [4.69, 9.17) is 5.26 Å². The number of carbonyl (C=O) groups excluding carboxylic acids is 1. The molecule has 3 rings (SSSR count). The van der Waals surface area contributed by atoms with Crippen LogP contribution in [0.2, 0.25) is 0 Å². The normalized spacial score (nSPS) is 25.1. The molecule has 1 aromatic carbocycles. The minimum Gasteiger partial charge on any atom is -0.330 e. The van der Waals surface area contributed by atoms with Gasteiger partial charge in [0.05, 0.1) is 11.6 Å². The highest BCUT2D eigenvalue weighted by atomic mass is 16.2. The van der Waals surface area contributed by atoms with Crippen LogP contribution in [0.3, 0.4) is 0 Å². The van der Waals surface area contributed by atoms with Crippen LogP contribution in [0.4, 0.5) is 0 Å². The number of hydrogen-bond donors (Lipinski definition) is 0. The van der Waals surface area contributed by atoms with Gasteiger partial charge < -0.3 is 4.90 Å². The molecule has 1 aromatic rings. The Hall–Kier alpha value is -1.86. The summed E-state index contributed by atoms with van der Waals surface area (Å²) < 4.78 is 0. The Morgan fingerprint density at radius 3 is 2.24 bits per heavy atom. The molecule has 1 amide bonds. The fraction of sp³-hybridized carbons (Fsp3) is 0.529. The van der Waals surface area contributed by atoms with Crippen LogP contribution < -0.4 is 0 Å². The highest BCUT2D eigenvalue weighted by Gasteiger charge is 2.43. The van der Waals surface area contributed by atoms with Gasteiger partial charge in [-0.25, -0.2) is 0 Å². The molecule has 2 aliphatic heterocycles. The monoisotopic (exact) mass is 283 g/mol. The molecule has 2 atom stereocenters. The molecule has 2 fully saturated rings. The Bertz CT molecular complexity index is 559. The van der Waals surface area contributed by atoms with Crippen molar-refractivity contribution in [2.24, 2.45) is 0 Å². The summed E-state index contributed by atoms with van der Waals surface area (Å²) in [4.78, 5) is 17.3. The second-order valence-electron chi connectivity index (χ2n) is 6.33. The number of piperazine rings is 1. The first-order valence-corrected chi connectivity index (χ1v) is 7.67. The molecule has 110 valence electrons. The number of likely N-dealkylation sites (tertiary alicyclic amines) is 1. The zero-order valence-corrected chi connectivity index (χ0v) is 12.6. The minimum absolute atomic E-state index is 0.121. The number of amides is 1. The molecule has 0 spiro atoms. The van der Waals surface area contributed by atoms with Gasteiger partial charge in [0.15, 0.2) is 0 Å². The van der Waals surface area contributed by atoms with Crippen LogP contribution in [-0.2, 0) is 0 Å². The van der Waals surface area contributed by atoms with E-state index in [1.165, 1.54) is 0 Å². The third kappa shape index (κ3) is 2.54. The van der Waals surface area contributed by atoms with Gasteiger partial charge in [-0.15, -0.1) is 0 Å². The molecule has 21 heavy (non-hydrogen) atoms. The summed E-state index contributed by atoms with van der Waals surface area (Å²) in [5, 5.41) is 8.84. The predicted molar refractivity (Wildman–Crippen MR) is 80.8 cm³/mol. The lowest BCUT2D eigenvalue weighted by Gasteiger charge is -2.42. The summed E-state index contributed by atoms with van der Waals surface area (Å²) in [6.07, 6.45) is 2.21. The molecule has 2 saturated heterocycles. The van der Waals surface area contributed by atoms with E-state index in [0.29, 0.717) is 29.3 Å². The number of hydrogen-bond acceptors (Lipinski definition) is 3. The summed E-state index contributed by atoms with van der Waals surface area (Å²) in [5.41, 5.74) is 1.29. The molecule has 2 heterocycles. The maximum absolute atomic E-state index is 12.8. The van der Waals surface area contributed by atoms with Crippen LogP contribution in [0.15, 0.2) is 24.3 Å². The van der Waals surface area contributed by atoms with Crippen molar-refractivity contribution in [1.29, 1.82) is 5.26 Å². The molecule has 0 N–H and O–H groups in total. The Kier molecular flexibility index (Phi) is 3.69. The van der Waals surface area contributed by atoms with Gasteiger partial charge in [0, 0.05) is 36.8 Å². The highest BCUT2D eigenvalue weighted by Crippen LogP contribution is 2.32. The lowest BCUT2D eigenvalue weighted by atomic mass is 10.1. The second-order valence-corrected chi connectivity index (χ2v) is 6.33. The van der Waals surface area contributed by atoms with Crippen molar-refractivity contribution >= 4 is 5.91 Å². The Labute approximate surface area is 126 Å². The van der Waals surface area contributed by atoms with E-state index in [2.05, 4.69) is 29.7 Å². The van der Waals surface area contributed by atoms with Crippen molar-refractivity contribution in [3.05, 3.63) is 35.4 Å². The number of carbonyl (C=O) groups is 1.